The first-order chi connectivity index (χ1) is 10.9. The fraction of sp³-hybridized carbons (Fsp3) is 0.438. The molecule has 5 atom stereocenters. The van der Waals surface area contributed by atoms with Gasteiger partial charge in [0, 0.05) is 11.8 Å². The van der Waals surface area contributed by atoms with Gasteiger partial charge in [-0.3, -0.25) is 4.79 Å². The summed E-state index contributed by atoms with van der Waals surface area (Å²) in [5.41, 5.74) is 1.07. The molecule has 1 aliphatic rings. The number of allylic oxidation sites excluding steroid dienone is 1. The van der Waals surface area contributed by atoms with Crippen molar-refractivity contribution in [2.45, 2.75) is 37.6 Å². The third-order valence-electron chi connectivity index (χ3n) is 3.65. The molecule has 0 radical (unpaired) electrons. The Kier molecular flexibility index (Phi) is 5.86. The number of nitrogens with one attached hydrogen (secondary N) is 1. The zero-order chi connectivity index (χ0) is 17.0. The molecule has 0 spiro atoms. The van der Waals surface area contributed by atoms with Crippen LogP contribution in [0.15, 0.2) is 36.4 Å². The second kappa shape index (κ2) is 7.67. The summed E-state index contributed by atoms with van der Waals surface area (Å²) in [5, 5.41) is 42.0. The Labute approximate surface area is 133 Å². The van der Waals surface area contributed by atoms with Crippen molar-refractivity contribution in [3.8, 4) is 0 Å². The zero-order valence-corrected chi connectivity index (χ0v) is 12.7. The lowest BCUT2D eigenvalue weighted by atomic mass is 9.96. The van der Waals surface area contributed by atoms with Crippen LogP contribution in [0, 0.1) is 0 Å². The highest BCUT2D eigenvalue weighted by Gasteiger charge is 2.43. The van der Waals surface area contributed by atoms with E-state index in [1.165, 1.54) is 13.0 Å². The summed E-state index contributed by atoms with van der Waals surface area (Å²) in [5.74, 6) is -0.217. The minimum atomic E-state index is -1.45. The Balaban J connectivity index is 2.24. The molecule has 5 N–H and O–H groups in total. The predicted molar refractivity (Wildman–Crippen MR) is 82.0 cm³/mol. The van der Waals surface area contributed by atoms with Gasteiger partial charge in [-0.15, -0.1) is 0 Å². The summed E-state index contributed by atoms with van der Waals surface area (Å²) < 4.78 is 5.09. The van der Waals surface area contributed by atoms with Crippen molar-refractivity contribution in [1.82, 2.24) is 5.32 Å². The summed E-state index contributed by atoms with van der Waals surface area (Å²) in [6.07, 6.45) is -3.94. The van der Waals surface area contributed by atoms with Crippen molar-refractivity contribution in [3.05, 3.63) is 42.0 Å². The van der Waals surface area contributed by atoms with Crippen LogP contribution in [-0.2, 0) is 9.53 Å². The Bertz CT molecular complexity index is 561. The van der Waals surface area contributed by atoms with Gasteiger partial charge in [-0.05, 0) is 12.5 Å². The van der Waals surface area contributed by atoms with Crippen molar-refractivity contribution in [1.29, 1.82) is 0 Å². The van der Waals surface area contributed by atoms with Crippen LogP contribution in [0.2, 0.25) is 0 Å². The van der Waals surface area contributed by atoms with Crippen molar-refractivity contribution >= 4 is 11.5 Å². The third kappa shape index (κ3) is 4.15. The van der Waals surface area contributed by atoms with Gasteiger partial charge in [-0.25, -0.2) is 0 Å². The number of ether oxygens (including phenoxy) is 1. The number of carbonyl (C=O) groups excluding carboxylic acids is 1. The van der Waals surface area contributed by atoms with E-state index in [2.05, 4.69) is 5.32 Å². The summed E-state index contributed by atoms with van der Waals surface area (Å²) in [7, 11) is 0. The average molecular weight is 323 g/mol. The van der Waals surface area contributed by atoms with E-state index >= 15 is 0 Å². The Morgan fingerprint density at radius 3 is 2.43 bits per heavy atom. The van der Waals surface area contributed by atoms with E-state index in [0.717, 1.165) is 0 Å². The topological polar surface area (TPSA) is 119 Å². The number of aliphatic hydroxyl groups excluding tert-OH is 4. The number of carbonyl (C=O) groups is 1. The minimum absolute atomic E-state index is 0.217. The summed E-state index contributed by atoms with van der Waals surface area (Å²) in [4.78, 5) is 11.4. The highest BCUT2D eigenvalue weighted by atomic mass is 16.6. The lowest BCUT2D eigenvalue weighted by Crippen LogP contribution is -2.62. The van der Waals surface area contributed by atoms with Gasteiger partial charge in [-0.1, -0.05) is 30.3 Å². The monoisotopic (exact) mass is 323 g/mol. The van der Waals surface area contributed by atoms with E-state index in [0.29, 0.717) is 11.3 Å². The molecule has 0 amide bonds. The van der Waals surface area contributed by atoms with Crippen molar-refractivity contribution in [2.75, 3.05) is 6.61 Å². The normalized spacial score (nSPS) is 31.7. The Morgan fingerprint density at radius 1 is 1.22 bits per heavy atom. The van der Waals surface area contributed by atoms with E-state index in [9.17, 15) is 20.1 Å². The predicted octanol–water partition coefficient (Wildman–Crippen LogP) is -0.994. The molecule has 1 aliphatic heterocycles. The Hall–Kier alpha value is -1.77. The number of benzene rings is 1. The number of hydrogen-bond donors (Lipinski definition) is 5. The first-order valence-corrected chi connectivity index (χ1v) is 7.28. The molecule has 2 rings (SSSR count). The largest absolute Gasteiger partial charge is 0.394 e. The minimum Gasteiger partial charge on any atom is -0.394 e. The first kappa shape index (κ1) is 17.6. The maximum atomic E-state index is 11.4. The van der Waals surface area contributed by atoms with E-state index in [1.807, 2.05) is 6.07 Å². The highest BCUT2D eigenvalue weighted by molar-refractivity contribution is 5.94. The lowest BCUT2D eigenvalue weighted by Gasteiger charge is -2.41. The summed E-state index contributed by atoms with van der Waals surface area (Å²) in [6, 6.07) is 7.85. The van der Waals surface area contributed by atoms with Crippen molar-refractivity contribution < 1.29 is 30.0 Å². The van der Waals surface area contributed by atoms with Gasteiger partial charge >= 0.3 is 0 Å². The molecule has 0 aliphatic carbocycles. The van der Waals surface area contributed by atoms with Gasteiger partial charge in [0.15, 0.2) is 12.1 Å². The number of ketones is 1. The molecule has 126 valence electrons. The smallest absolute Gasteiger partial charge is 0.178 e. The quantitative estimate of drug-likeness (QED) is 0.441. The van der Waals surface area contributed by atoms with E-state index in [1.54, 1.807) is 24.3 Å². The molecular weight excluding hydrogens is 302 g/mol. The molecule has 0 saturated carbocycles. The van der Waals surface area contributed by atoms with Crippen LogP contribution in [0.5, 0.6) is 0 Å². The molecule has 7 heteroatoms. The second-order valence-electron chi connectivity index (χ2n) is 5.43. The molecule has 1 aromatic rings. The molecular formula is C16H21NO6. The number of rotatable bonds is 5. The third-order valence-corrected chi connectivity index (χ3v) is 3.65. The van der Waals surface area contributed by atoms with Crippen LogP contribution in [0.1, 0.15) is 12.5 Å². The van der Waals surface area contributed by atoms with Crippen LogP contribution in [0.4, 0.5) is 0 Å². The van der Waals surface area contributed by atoms with Crippen molar-refractivity contribution in [2.24, 2.45) is 0 Å². The fourth-order valence-electron chi connectivity index (χ4n) is 2.46. The lowest BCUT2D eigenvalue weighted by molar-refractivity contribution is -0.252. The van der Waals surface area contributed by atoms with Crippen LogP contribution >= 0.6 is 0 Å². The second-order valence-corrected chi connectivity index (χ2v) is 5.43. The van der Waals surface area contributed by atoms with Gasteiger partial charge < -0.3 is 30.5 Å². The zero-order valence-electron chi connectivity index (χ0n) is 12.7. The Morgan fingerprint density at radius 2 is 1.87 bits per heavy atom. The molecule has 1 aromatic carbocycles. The van der Waals surface area contributed by atoms with E-state index in [4.69, 9.17) is 9.84 Å². The molecule has 1 heterocycles. The van der Waals surface area contributed by atoms with Gasteiger partial charge in [-0.2, -0.15) is 0 Å². The average Bonchev–Trinajstić information content (AvgIpc) is 2.54. The maximum Gasteiger partial charge on any atom is 0.178 e. The summed E-state index contributed by atoms with van der Waals surface area (Å²) in [6.45, 7) is 0.850. The van der Waals surface area contributed by atoms with Gasteiger partial charge in [0.2, 0.25) is 0 Å². The highest BCUT2D eigenvalue weighted by Crippen LogP contribution is 2.22. The van der Waals surface area contributed by atoms with Crippen LogP contribution in [0.25, 0.3) is 5.70 Å². The van der Waals surface area contributed by atoms with Gasteiger partial charge in [0.25, 0.3) is 0 Å². The first-order valence-electron chi connectivity index (χ1n) is 7.28. The molecule has 23 heavy (non-hydrogen) atoms. The number of aliphatic hydroxyl groups is 4. The molecule has 0 bridgehead atoms. The standard InChI is InChI=1S/C16H21NO6/c1-9(19)7-11(10-5-3-2-4-6-10)17-13-15(21)14(20)12(8-18)23-16(13)22/h2-7,12-18,20-22H,8H2,1H3/b11-7-/t12-,13-,14-,15-,16-/m1/s1. The molecule has 7 nitrogen and oxygen atoms in total. The fourth-order valence-corrected chi connectivity index (χ4v) is 2.46. The van der Waals surface area contributed by atoms with E-state index in [-0.39, 0.29) is 5.78 Å². The molecule has 1 fully saturated rings. The van der Waals surface area contributed by atoms with Crippen LogP contribution < -0.4 is 5.32 Å². The van der Waals surface area contributed by atoms with Gasteiger partial charge in [0.05, 0.1) is 6.61 Å². The van der Waals surface area contributed by atoms with E-state index < -0.39 is 37.3 Å². The molecule has 0 unspecified atom stereocenters. The molecule has 0 aromatic heterocycles. The van der Waals surface area contributed by atoms with Crippen LogP contribution in [-0.4, -0.2) is 63.5 Å². The number of hydrogen-bond acceptors (Lipinski definition) is 7. The maximum absolute atomic E-state index is 11.4. The summed E-state index contributed by atoms with van der Waals surface area (Å²) >= 11 is 0. The SMILES string of the molecule is CC(=O)/C=C(\N[C@@H]1[C@@H](O)[C@H](O)[C@@H](CO)O[C@H]1O)c1ccccc1. The van der Waals surface area contributed by atoms with Crippen molar-refractivity contribution in [3.63, 3.8) is 0 Å². The van der Waals surface area contributed by atoms with Gasteiger partial charge in [0.1, 0.15) is 24.4 Å². The molecule has 1 saturated heterocycles. The van der Waals surface area contributed by atoms with Crippen LogP contribution in [0.3, 0.4) is 0 Å².